The standard InChI is InChI=1S/C18H17NO/c1-2-4-17-14(3-1)12-16(19-17)7-5-13-6-8-18-15(11-13)9-10-20-18/h1-4,6,8,11-12,19H,5,7,9-10H2. The second kappa shape index (κ2) is 4.71. The molecular weight excluding hydrogens is 246 g/mol. The first-order valence-corrected chi connectivity index (χ1v) is 7.20. The first kappa shape index (κ1) is 11.6. The van der Waals surface area contributed by atoms with Crippen LogP contribution in [0.1, 0.15) is 16.8 Å². The van der Waals surface area contributed by atoms with Crippen LogP contribution in [0.2, 0.25) is 0 Å². The van der Waals surface area contributed by atoms with Crippen molar-refractivity contribution in [2.75, 3.05) is 6.61 Å². The highest BCUT2D eigenvalue weighted by Gasteiger charge is 2.12. The van der Waals surface area contributed by atoms with Gasteiger partial charge in [0.15, 0.2) is 0 Å². The van der Waals surface area contributed by atoms with Crippen molar-refractivity contribution in [3.63, 3.8) is 0 Å². The topological polar surface area (TPSA) is 25.0 Å². The number of ether oxygens (including phenoxy) is 1. The number of rotatable bonds is 3. The smallest absolute Gasteiger partial charge is 0.122 e. The van der Waals surface area contributed by atoms with Crippen molar-refractivity contribution in [2.24, 2.45) is 0 Å². The van der Waals surface area contributed by atoms with E-state index in [2.05, 4.69) is 53.5 Å². The third-order valence-corrected chi connectivity index (χ3v) is 4.02. The Kier molecular flexibility index (Phi) is 2.73. The largest absolute Gasteiger partial charge is 0.493 e. The highest BCUT2D eigenvalue weighted by Crippen LogP contribution is 2.26. The fourth-order valence-electron chi connectivity index (χ4n) is 2.94. The van der Waals surface area contributed by atoms with Gasteiger partial charge >= 0.3 is 0 Å². The summed E-state index contributed by atoms with van der Waals surface area (Å²) in [6.07, 6.45) is 3.17. The molecule has 20 heavy (non-hydrogen) atoms. The van der Waals surface area contributed by atoms with E-state index >= 15 is 0 Å². The van der Waals surface area contributed by atoms with Crippen LogP contribution in [0.3, 0.4) is 0 Å². The maximum absolute atomic E-state index is 5.55. The van der Waals surface area contributed by atoms with Crippen molar-refractivity contribution in [1.29, 1.82) is 0 Å². The first-order chi connectivity index (χ1) is 9.88. The quantitative estimate of drug-likeness (QED) is 0.762. The number of hydrogen-bond donors (Lipinski definition) is 1. The molecule has 1 N–H and O–H groups in total. The Hall–Kier alpha value is -2.22. The Bertz CT molecular complexity index is 724. The van der Waals surface area contributed by atoms with E-state index < -0.39 is 0 Å². The first-order valence-electron chi connectivity index (χ1n) is 7.20. The van der Waals surface area contributed by atoms with Crippen LogP contribution in [0.5, 0.6) is 5.75 Å². The zero-order chi connectivity index (χ0) is 13.4. The predicted octanol–water partition coefficient (Wildman–Crippen LogP) is 3.89. The molecule has 0 spiro atoms. The Morgan fingerprint density at radius 2 is 1.95 bits per heavy atom. The lowest BCUT2D eigenvalue weighted by Gasteiger charge is -2.03. The molecule has 0 unspecified atom stereocenters. The normalized spacial score (nSPS) is 13.4. The SMILES string of the molecule is c1ccc2[nH]c(CCc3ccc4c(c3)CCO4)cc2c1. The molecule has 2 nitrogen and oxygen atoms in total. The maximum Gasteiger partial charge on any atom is 0.122 e. The average molecular weight is 263 g/mol. The summed E-state index contributed by atoms with van der Waals surface area (Å²) < 4.78 is 5.55. The van der Waals surface area contributed by atoms with Crippen molar-refractivity contribution in [2.45, 2.75) is 19.3 Å². The summed E-state index contributed by atoms with van der Waals surface area (Å²) in [5.74, 6) is 1.07. The van der Waals surface area contributed by atoms with Crippen LogP contribution in [-0.2, 0) is 19.3 Å². The summed E-state index contributed by atoms with van der Waals surface area (Å²) in [5, 5.41) is 1.30. The van der Waals surface area contributed by atoms with Gasteiger partial charge in [-0.2, -0.15) is 0 Å². The number of para-hydroxylation sites is 1. The van der Waals surface area contributed by atoms with Gasteiger partial charge in [0.1, 0.15) is 5.75 Å². The summed E-state index contributed by atoms with van der Waals surface area (Å²) in [4.78, 5) is 3.49. The van der Waals surface area contributed by atoms with E-state index in [1.807, 2.05) is 0 Å². The van der Waals surface area contributed by atoms with E-state index in [0.717, 1.165) is 31.6 Å². The molecule has 2 heteroatoms. The molecule has 100 valence electrons. The lowest BCUT2D eigenvalue weighted by molar-refractivity contribution is 0.357. The van der Waals surface area contributed by atoms with Gasteiger partial charge < -0.3 is 9.72 Å². The number of nitrogens with one attached hydrogen (secondary N) is 1. The average Bonchev–Trinajstić information content (AvgIpc) is 3.10. The van der Waals surface area contributed by atoms with Gasteiger partial charge in [-0.15, -0.1) is 0 Å². The van der Waals surface area contributed by atoms with Crippen LogP contribution in [0, 0.1) is 0 Å². The van der Waals surface area contributed by atoms with Crippen LogP contribution >= 0.6 is 0 Å². The molecule has 1 aliphatic rings. The molecule has 1 aromatic heterocycles. The summed E-state index contributed by atoms with van der Waals surface area (Å²) in [7, 11) is 0. The third-order valence-electron chi connectivity index (χ3n) is 4.02. The molecule has 0 radical (unpaired) electrons. The second-order valence-electron chi connectivity index (χ2n) is 5.42. The van der Waals surface area contributed by atoms with E-state index in [-0.39, 0.29) is 0 Å². The number of aromatic nitrogens is 1. The van der Waals surface area contributed by atoms with E-state index in [9.17, 15) is 0 Å². The van der Waals surface area contributed by atoms with Crippen LogP contribution in [0.15, 0.2) is 48.5 Å². The minimum atomic E-state index is 0.834. The van der Waals surface area contributed by atoms with Gasteiger partial charge in [0.25, 0.3) is 0 Å². The van der Waals surface area contributed by atoms with E-state index in [0.29, 0.717) is 0 Å². The Morgan fingerprint density at radius 3 is 2.90 bits per heavy atom. The van der Waals surface area contributed by atoms with Crippen molar-refractivity contribution >= 4 is 10.9 Å². The minimum Gasteiger partial charge on any atom is -0.493 e. The van der Waals surface area contributed by atoms with Gasteiger partial charge in [0.2, 0.25) is 0 Å². The molecule has 2 aromatic carbocycles. The van der Waals surface area contributed by atoms with Crippen LogP contribution in [0.4, 0.5) is 0 Å². The van der Waals surface area contributed by atoms with Crippen LogP contribution < -0.4 is 4.74 Å². The number of hydrogen-bond acceptors (Lipinski definition) is 1. The van der Waals surface area contributed by atoms with Gasteiger partial charge in [-0.3, -0.25) is 0 Å². The number of benzene rings is 2. The molecule has 0 fully saturated rings. The van der Waals surface area contributed by atoms with Gasteiger partial charge in [0, 0.05) is 17.6 Å². The molecule has 0 aliphatic carbocycles. The van der Waals surface area contributed by atoms with Crippen molar-refractivity contribution in [3.05, 3.63) is 65.4 Å². The monoisotopic (exact) mass is 263 g/mol. The third kappa shape index (κ3) is 2.07. The lowest BCUT2D eigenvalue weighted by atomic mass is 10.0. The van der Waals surface area contributed by atoms with Crippen LogP contribution in [0.25, 0.3) is 10.9 Å². The Labute approximate surface area is 118 Å². The van der Waals surface area contributed by atoms with Crippen molar-refractivity contribution in [1.82, 2.24) is 4.98 Å². The molecule has 4 rings (SSSR count). The minimum absolute atomic E-state index is 0.834. The van der Waals surface area contributed by atoms with Crippen LogP contribution in [-0.4, -0.2) is 11.6 Å². The fraction of sp³-hybridized carbons (Fsp3) is 0.222. The number of fused-ring (bicyclic) bond motifs is 2. The Balaban J connectivity index is 1.52. The van der Waals surface area contributed by atoms with E-state index in [1.54, 1.807) is 0 Å². The summed E-state index contributed by atoms with van der Waals surface area (Å²) in [6, 6.07) is 17.3. The van der Waals surface area contributed by atoms with Gasteiger partial charge in [-0.25, -0.2) is 0 Å². The second-order valence-corrected chi connectivity index (χ2v) is 5.42. The number of H-pyrrole nitrogens is 1. The molecule has 1 aliphatic heterocycles. The maximum atomic E-state index is 5.55. The van der Waals surface area contributed by atoms with Crippen molar-refractivity contribution in [3.8, 4) is 5.75 Å². The summed E-state index contributed by atoms with van der Waals surface area (Å²) in [6.45, 7) is 0.834. The number of aryl methyl sites for hydroxylation is 2. The molecule has 0 saturated carbocycles. The zero-order valence-corrected chi connectivity index (χ0v) is 11.4. The van der Waals surface area contributed by atoms with E-state index in [1.165, 1.54) is 27.7 Å². The molecule has 0 bridgehead atoms. The van der Waals surface area contributed by atoms with Gasteiger partial charge in [-0.1, -0.05) is 30.3 Å². The highest BCUT2D eigenvalue weighted by atomic mass is 16.5. The molecular formula is C18H17NO. The predicted molar refractivity (Wildman–Crippen MR) is 81.3 cm³/mol. The lowest BCUT2D eigenvalue weighted by Crippen LogP contribution is -1.92. The highest BCUT2D eigenvalue weighted by molar-refractivity contribution is 5.80. The fourth-order valence-corrected chi connectivity index (χ4v) is 2.94. The molecule has 0 amide bonds. The summed E-state index contributed by atoms with van der Waals surface area (Å²) in [5.41, 5.74) is 5.29. The number of aromatic amines is 1. The van der Waals surface area contributed by atoms with Crippen molar-refractivity contribution < 1.29 is 4.74 Å². The molecule has 0 atom stereocenters. The molecule has 2 heterocycles. The molecule has 3 aromatic rings. The van der Waals surface area contributed by atoms with Gasteiger partial charge in [0.05, 0.1) is 6.61 Å². The van der Waals surface area contributed by atoms with E-state index in [4.69, 9.17) is 4.74 Å². The summed E-state index contributed by atoms with van der Waals surface area (Å²) >= 11 is 0. The zero-order valence-electron chi connectivity index (χ0n) is 11.4. The van der Waals surface area contributed by atoms with Gasteiger partial charge in [-0.05, 0) is 47.6 Å². The Morgan fingerprint density at radius 1 is 1.00 bits per heavy atom. The molecule has 0 saturated heterocycles.